The first-order valence-corrected chi connectivity index (χ1v) is 7.52. The molecule has 1 heterocycles. The highest BCUT2D eigenvalue weighted by Gasteiger charge is 2.48. The summed E-state index contributed by atoms with van der Waals surface area (Å²) in [5.74, 6) is 0.792. The maximum Gasteiger partial charge on any atom is 0.240 e. The Balaban J connectivity index is 3.12. The third-order valence-corrected chi connectivity index (χ3v) is 4.35. The van der Waals surface area contributed by atoms with E-state index in [2.05, 4.69) is 53.5 Å². The smallest absolute Gasteiger partial charge is 0.240 e. The van der Waals surface area contributed by atoms with Gasteiger partial charge in [0, 0.05) is 26.1 Å². The van der Waals surface area contributed by atoms with Crippen LogP contribution in [0.25, 0.3) is 0 Å². The van der Waals surface area contributed by atoms with Crippen LogP contribution >= 0.6 is 0 Å². The van der Waals surface area contributed by atoms with Gasteiger partial charge in [0.2, 0.25) is 5.91 Å². The molecule has 0 saturated carbocycles. The molecule has 1 saturated heterocycles. The SMILES string of the molecule is CCCN1CC(C(C)(C)C)C(C(C)(C)C)C(=O)N1C. The Morgan fingerprint density at radius 3 is 2.00 bits per heavy atom. The predicted molar refractivity (Wildman–Crippen MR) is 80.5 cm³/mol. The van der Waals surface area contributed by atoms with Crippen molar-refractivity contribution in [3.63, 3.8) is 0 Å². The van der Waals surface area contributed by atoms with E-state index >= 15 is 0 Å². The van der Waals surface area contributed by atoms with Crippen molar-refractivity contribution in [2.45, 2.75) is 54.9 Å². The van der Waals surface area contributed by atoms with E-state index in [0.29, 0.717) is 5.92 Å². The summed E-state index contributed by atoms with van der Waals surface area (Å²) < 4.78 is 0. The van der Waals surface area contributed by atoms with Gasteiger partial charge in [-0.1, -0.05) is 48.5 Å². The molecule has 0 bridgehead atoms. The summed E-state index contributed by atoms with van der Waals surface area (Å²) >= 11 is 0. The van der Waals surface area contributed by atoms with Gasteiger partial charge in [0.1, 0.15) is 0 Å². The standard InChI is InChI=1S/C16H32N2O/c1-9-10-18-11-12(15(2,3)4)13(16(5,6)7)14(19)17(18)8/h12-13H,9-11H2,1-8H3. The predicted octanol–water partition coefficient (Wildman–Crippen LogP) is 3.41. The summed E-state index contributed by atoms with van der Waals surface area (Å²) in [7, 11) is 1.93. The molecule has 1 fully saturated rings. The van der Waals surface area contributed by atoms with Crippen molar-refractivity contribution in [1.29, 1.82) is 0 Å². The number of hydrazine groups is 1. The Kier molecular flexibility index (Phi) is 4.71. The Morgan fingerprint density at radius 2 is 1.63 bits per heavy atom. The van der Waals surface area contributed by atoms with Gasteiger partial charge in [0.25, 0.3) is 0 Å². The number of nitrogens with zero attached hydrogens (tertiary/aromatic N) is 2. The minimum Gasteiger partial charge on any atom is -0.278 e. The van der Waals surface area contributed by atoms with E-state index in [0.717, 1.165) is 19.5 Å². The second-order valence-corrected chi connectivity index (χ2v) is 8.09. The number of carbonyl (C=O) groups excluding carboxylic acids is 1. The first-order chi connectivity index (χ1) is 8.50. The molecule has 1 aliphatic heterocycles. The molecule has 0 aliphatic carbocycles. The van der Waals surface area contributed by atoms with E-state index in [1.807, 2.05) is 12.1 Å². The molecule has 0 radical (unpaired) electrons. The summed E-state index contributed by atoms with van der Waals surface area (Å²) in [5.41, 5.74) is 0.169. The molecule has 3 heteroatoms. The fraction of sp³-hybridized carbons (Fsp3) is 0.938. The molecule has 0 spiro atoms. The molecule has 2 atom stereocenters. The van der Waals surface area contributed by atoms with E-state index in [9.17, 15) is 4.79 Å². The number of amides is 1. The van der Waals surface area contributed by atoms with Gasteiger partial charge in [-0.25, -0.2) is 5.01 Å². The average molecular weight is 268 g/mol. The number of rotatable bonds is 2. The van der Waals surface area contributed by atoms with Crippen molar-refractivity contribution in [1.82, 2.24) is 10.0 Å². The minimum atomic E-state index is 0.0155. The van der Waals surface area contributed by atoms with Crippen LogP contribution in [0.2, 0.25) is 0 Å². The molecule has 1 amide bonds. The van der Waals surface area contributed by atoms with Crippen molar-refractivity contribution in [2.75, 3.05) is 20.1 Å². The second kappa shape index (κ2) is 5.43. The van der Waals surface area contributed by atoms with Gasteiger partial charge in [0.15, 0.2) is 0 Å². The normalized spacial score (nSPS) is 26.9. The van der Waals surface area contributed by atoms with Crippen LogP contribution in [-0.4, -0.2) is 36.1 Å². The van der Waals surface area contributed by atoms with Gasteiger partial charge in [-0.2, -0.15) is 0 Å². The fourth-order valence-corrected chi connectivity index (χ4v) is 3.21. The molecule has 1 aliphatic rings. The van der Waals surface area contributed by atoms with Crippen LogP contribution in [0.15, 0.2) is 0 Å². The second-order valence-electron chi connectivity index (χ2n) is 8.09. The van der Waals surface area contributed by atoms with Gasteiger partial charge < -0.3 is 0 Å². The quantitative estimate of drug-likeness (QED) is 0.766. The number of hydrogen-bond donors (Lipinski definition) is 0. The zero-order chi connectivity index (χ0) is 15.0. The third-order valence-electron chi connectivity index (χ3n) is 4.35. The van der Waals surface area contributed by atoms with Crippen molar-refractivity contribution in [3.8, 4) is 0 Å². The number of hydrogen-bond acceptors (Lipinski definition) is 2. The molecule has 2 unspecified atom stereocenters. The first kappa shape index (κ1) is 16.5. The first-order valence-electron chi connectivity index (χ1n) is 7.52. The van der Waals surface area contributed by atoms with Gasteiger partial charge in [-0.3, -0.25) is 9.80 Å². The Bertz CT molecular complexity index is 325. The van der Waals surface area contributed by atoms with Crippen molar-refractivity contribution in [3.05, 3.63) is 0 Å². The summed E-state index contributed by atoms with van der Waals surface area (Å²) in [4.78, 5) is 12.8. The lowest BCUT2D eigenvalue weighted by Crippen LogP contribution is -2.61. The van der Waals surface area contributed by atoms with Gasteiger partial charge in [0.05, 0.1) is 0 Å². The van der Waals surface area contributed by atoms with Crippen molar-refractivity contribution in [2.24, 2.45) is 22.7 Å². The Hall–Kier alpha value is -0.570. The Labute approximate surface area is 119 Å². The molecule has 1 rings (SSSR count). The highest BCUT2D eigenvalue weighted by atomic mass is 16.2. The van der Waals surface area contributed by atoms with Crippen LogP contribution < -0.4 is 0 Å². The highest BCUT2D eigenvalue weighted by Crippen LogP contribution is 2.45. The summed E-state index contributed by atoms with van der Waals surface area (Å²) in [6.45, 7) is 17.5. The molecule has 19 heavy (non-hydrogen) atoms. The van der Waals surface area contributed by atoms with Crippen LogP contribution in [0.1, 0.15) is 54.9 Å². The Morgan fingerprint density at radius 1 is 1.11 bits per heavy atom. The minimum absolute atomic E-state index is 0.0155. The fourth-order valence-electron chi connectivity index (χ4n) is 3.21. The molecule has 112 valence electrons. The van der Waals surface area contributed by atoms with Crippen LogP contribution in [0.3, 0.4) is 0 Å². The maximum atomic E-state index is 12.8. The number of carbonyl (C=O) groups is 1. The molecule has 0 N–H and O–H groups in total. The van der Waals surface area contributed by atoms with Gasteiger partial charge >= 0.3 is 0 Å². The third kappa shape index (κ3) is 3.50. The lowest BCUT2D eigenvalue weighted by atomic mass is 9.63. The van der Waals surface area contributed by atoms with Crippen LogP contribution in [-0.2, 0) is 4.79 Å². The zero-order valence-corrected chi connectivity index (χ0v) is 14.1. The molecule has 0 aromatic carbocycles. The van der Waals surface area contributed by atoms with E-state index in [1.165, 1.54) is 0 Å². The molecular formula is C16H32N2O. The molecular weight excluding hydrogens is 236 g/mol. The zero-order valence-electron chi connectivity index (χ0n) is 14.1. The van der Waals surface area contributed by atoms with Crippen LogP contribution in [0.4, 0.5) is 0 Å². The lowest BCUT2D eigenvalue weighted by Gasteiger charge is -2.52. The summed E-state index contributed by atoms with van der Waals surface area (Å²) in [5, 5.41) is 4.09. The van der Waals surface area contributed by atoms with E-state index in [-0.39, 0.29) is 22.7 Å². The van der Waals surface area contributed by atoms with Gasteiger partial charge in [-0.15, -0.1) is 0 Å². The molecule has 3 nitrogen and oxygen atoms in total. The molecule has 0 aromatic rings. The average Bonchev–Trinajstić information content (AvgIpc) is 2.21. The van der Waals surface area contributed by atoms with Crippen LogP contribution in [0, 0.1) is 22.7 Å². The molecule has 0 aromatic heterocycles. The van der Waals surface area contributed by atoms with Crippen molar-refractivity contribution < 1.29 is 4.79 Å². The maximum absolute atomic E-state index is 12.8. The van der Waals surface area contributed by atoms with Crippen molar-refractivity contribution >= 4 is 5.91 Å². The van der Waals surface area contributed by atoms with E-state index in [1.54, 1.807) is 0 Å². The topological polar surface area (TPSA) is 23.6 Å². The van der Waals surface area contributed by atoms with E-state index in [4.69, 9.17) is 0 Å². The van der Waals surface area contributed by atoms with Crippen LogP contribution in [0.5, 0.6) is 0 Å². The van der Waals surface area contributed by atoms with Gasteiger partial charge in [-0.05, 0) is 23.2 Å². The monoisotopic (exact) mass is 268 g/mol. The van der Waals surface area contributed by atoms with E-state index < -0.39 is 0 Å². The highest BCUT2D eigenvalue weighted by molar-refractivity contribution is 5.80. The summed E-state index contributed by atoms with van der Waals surface area (Å²) in [6, 6.07) is 0. The summed E-state index contributed by atoms with van der Waals surface area (Å²) in [6.07, 6.45) is 1.08. The largest absolute Gasteiger partial charge is 0.278 e. The lowest BCUT2D eigenvalue weighted by molar-refractivity contribution is -0.177.